The zero-order valence-electron chi connectivity index (χ0n) is 10.1. The minimum atomic E-state index is 0.183. The van der Waals surface area contributed by atoms with Crippen LogP contribution in [0, 0.1) is 13.8 Å². The second-order valence-corrected chi connectivity index (χ2v) is 4.85. The van der Waals surface area contributed by atoms with Crippen LogP contribution in [-0.2, 0) is 4.79 Å². The maximum Gasteiger partial charge on any atom is 0.136 e. The largest absolute Gasteiger partial charge is 0.495 e. The Balaban J connectivity index is 3.32. The number of hydrogen-bond donors (Lipinski definition) is 0. The molecule has 1 aromatic carbocycles. The SMILES string of the molecule is COc1c(C(C)CC=O)cc(C)c(C)c1Br. The van der Waals surface area contributed by atoms with Crippen LogP contribution in [-0.4, -0.2) is 13.4 Å². The van der Waals surface area contributed by atoms with E-state index in [4.69, 9.17) is 4.74 Å². The Kier molecular flexibility index (Phi) is 4.54. The molecule has 1 unspecified atom stereocenters. The van der Waals surface area contributed by atoms with Crippen LogP contribution in [0.2, 0.25) is 0 Å². The van der Waals surface area contributed by atoms with E-state index in [1.165, 1.54) is 11.1 Å². The number of aryl methyl sites for hydroxylation is 1. The van der Waals surface area contributed by atoms with Gasteiger partial charge in [0.1, 0.15) is 12.0 Å². The third-order valence-electron chi connectivity index (χ3n) is 2.94. The topological polar surface area (TPSA) is 26.3 Å². The fourth-order valence-corrected chi connectivity index (χ4v) is 2.43. The van der Waals surface area contributed by atoms with Gasteiger partial charge >= 0.3 is 0 Å². The van der Waals surface area contributed by atoms with Gasteiger partial charge in [0.05, 0.1) is 11.6 Å². The molecule has 2 nitrogen and oxygen atoms in total. The van der Waals surface area contributed by atoms with Crippen LogP contribution in [0.25, 0.3) is 0 Å². The second kappa shape index (κ2) is 5.48. The summed E-state index contributed by atoms with van der Waals surface area (Å²) in [6, 6.07) is 2.10. The molecule has 0 aliphatic heterocycles. The zero-order valence-corrected chi connectivity index (χ0v) is 11.7. The summed E-state index contributed by atoms with van der Waals surface area (Å²) in [4.78, 5) is 10.6. The van der Waals surface area contributed by atoms with Gasteiger partial charge < -0.3 is 9.53 Å². The average molecular weight is 285 g/mol. The molecule has 1 aromatic rings. The molecule has 0 saturated heterocycles. The normalized spacial score (nSPS) is 12.3. The van der Waals surface area contributed by atoms with E-state index in [1.807, 2.05) is 6.92 Å². The van der Waals surface area contributed by atoms with Crippen LogP contribution >= 0.6 is 15.9 Å². The van der Waals surface area contributed by atoms with E-state index < -0.39 is 0 Å². The first-order valence-corrected chi connectivity index (χ1v) is 6.09. The second-order valence-electron chi connectivity index (χ2n) is 4.06. The molecule has 0 spiro atoms. The van der Waals surface area contributed by atoms with Crippen LogP contribution in [0.3, 0.4) is 0 Å². The molecule has 0 aromatic heterocycles. The summed E-state index contributed by atoms with van der Waals surface area (Å²) >= 11 is 3.55. The molecular weight excluding hydrogens is 268 g/mol. The molecule has 0 saturated carbocycles. The van der Waals surface area contributed by atoms with Crippen LogP contribution < -0.4 is 4.74 Å². The van der Waals surface area contributed by atoms with E-state index in [1.54, 1.807) is 7.11 Å². The number of carbonyl (C=O) groups is 1. The van der Waals surface area contributed by atoms with Crippen LogP contribution in [0.1, 0.15) is 36.0 Å². The highest BCUT2D eigenvalue weighted by atomic mass is 79.9. The third kappa shape index (κ3) is 2.46. The van der Waals surface area contributed by atoms with Crippen LogP contribution in [0.4, 0.5) is 0 Å². The molecule has 0 aliphatic rings. The summed E-state index contributed by atoms with van der Waals surface area (Å²) in [5.41, 5.74) is 3.48. The summed E-state index contributed by atoms with van der Waals surface area (Å²) in [5, 5.41) is 0. The fraction of sp³-hybridized carbons (Fsp3) is 0.462. The molecule has 88 valence electrons. The van der Waals surface area contributed by atoms with Crippen molar-refractivity contribution in [3.8, 4) is 5.75 Å². The van der Waals surface area contributed by atoms with Crippen LogP contribution in [0.5, 0.6) is 5.75 Å². The van der Waals surface area contributed by atoms with Gasteiger partial charge in [-0.1, -0.05) is 13.0 Å². The van der Waals surface area contributed by atoms with Crippen molar-refractivity contribution in [2.75, 3.05) is 7.11 Å². The lowest BCUT2D eigenvalue weighted by atomic mass is 9.94. The summed E-state index contributed by atoms with van der Waals surface area (Å²) in [6.07, 6.45) is 1.47. The molecule has 0 bridgehead atoms. The van der Waals surface area contributed by atoms with Crippen molar-refractivity contribution >= 4 is 22.2 Å². The van der Waals surface area contributed by atoms with E-state index in [-0.39, 0.29) is 5.92 Å². The molecule has 3 heteroatoms. The number of methoxy groups -OCH3 is 1. The van der Waals surface area contributed by atoms with Gasteiger partial charge in [0.2, 0.25) is 0 Å². The molecular formula is C13H17BrO2. The molecule has 0 heterocycles. The Bertz CT molecular complexity index is 399. The van der Waals surface area contributed by atoms with E-state index in [0.29, 0.717) is 6.42 Å². The summed E-state index contributed by atoms with van der Waals surface area (Å²) < 4.78 is 6.41. The number of benzene rings is 1. The predicted molar refractivity (Wildman–Crippen MR) is 69.3 cm³/mol. The summed E-state index contributed by atoms with van der Waals surface area (Å²) in [6.45, 7) is 6.15. The van der Waals surface area contributed by atoms with E-state index in [9.17, 15) is 4.79 Å². The highest BCUT2D eigenvalue weighted by Crippen LogP contribution is 2.38. The van der Waals surface area contributed by atoms with E-state index in [2.05, 4.69) is 35.8 Å². The molecule has 1 rings (SSSR count). The third-order valence-corrected chi connectivity index (χ3v) is 3.89. The maximum absolute atomic E-state index is 10.6. The van der Waals surface area contributed by atoms with Gasteiger partial charge in [-0.15, -0.1) is 0 Å². The minimum Gasteiger partial charge on any atom is -0.495 e. The van der Waals surface area contributed by atoms with Gasteiger partial charge in [0.25, 0.3) is 0 Å². The van der Waals surface area contributed by atoms with Gasteiger partial charge in [-0.3, -0.25) is 0 Å². The van der Waals surface area contributed by atoms with Gasteiger partial charge in [-0.25, -0.2) is 0 Å². The van der Waals surface area contributed by atoms with Crippen molar-refractivity contribution in [2.24, 2.45) is 0 Å². The highest BCUT2D eigenvalue weighted by Gasteiger charge is 2.17. The fourth-order valence-electron chi connectivity index (χ4n) is 1.72. The first-order valence-electron chi connectivity index (χ1n) is 5.30. The van der Waals surface area contributed by atoms with Crippen molar-refractivity contribution in [3.63, 3.8) is 0 Å². The Hall–Kier alpha value is -0.830. The van der Waals surface area contributed by atoms with Crippen molar-refractivity contribution in [3.05, 3.63) is 27.2 Å². The van der Waals surface area contributed by atoms with Gasteiger partial charge in [0, 0.05) is 6.42 Å². The molecule has 0 aliphatic carbocycles. The lowest BCUT2D eigenvalue weighted by Crippen LogP contribution is -2.01. The average Bonchev–Trinajstić information content (AvgIpc) is 2.26. The minimum absolute atomic E-state index is 0.183. The first-order chi connectivity index (χ1) is 7.52. The quantitative estimate of drug-likeness (QED) is 0.787. The standard InChI is InChI=1S/C13H17BrO2/c1-8(5-6-15)11-7-9(2)10(3)12(14)13(11)16-4/h6-8H,5H2,1-4H3. The molecule has 0 N–H and O–H groups in total. The lowest BCUT2D eigenvalue weighted by molar-refractivity contribution is -0.108. The number of ether oxygens (including phenoxy) is 1. The molecule has 1 atom stereocenters. The zero-order chi connectivity index (χ0) is 12.3. The lowest BCUT2D eigenvalue weighted by Gasteiger charge is -2.18. The van der Waals surface area contributed by atoms with Crippen molar-refractivity contribution in [2.45, 2.75) is 33.1 Å². The van der Waals surface area contributed by atoms with Crippen molar-refractivity contribution < 1.29 is 9.53 Å². The highest BCUT2D eigenvalue weighted by molar-refractivity contribution is 9.10. The number of rotatable bonds is 4. The van der Waals surface area contributed by atoms with Gasteiger partial charge in [-0.05, 0) is 52.4 Å². The number of carbonyl (C=O) groups excluding carboxylic acids is 1. The molecule has 0 amide bonds. The Labute approximate surface area is 105 Å². The van der Waals surface area contributed by atoms with E-state index >= 15 is 0 Å². The van der Waals surface area contributed by atoms with Crippen molar-refractivity contribution in [1.82, 2.24) is 0 Å². The number of aldehydes is 1. The van der Waals surface area contributed by atoms with Crippen LogP contribution in [0.15, 0.2) is 10.5 Å². The monoisotopic (exact) mass is 284 g/mol. The van der Waals surface area contributed by atoms with Crippen molar-refractivity contribution in [1.29, 1.82) is 0 Å². The Morgan fingerprint density at radius 2 is 2.12 bits per heavy atom. The van der Waals surface area contributed by atoms with Gasteiger partial charge in [0.15, 0.2) is 0 Å². The summed E-state index contributed by atoms with van der Waals surface area (Å²) in [5.74, 6) is 1.03. The number of hydrogen-bond acceptors (Lipinski definition) is 2. The molecule has 0 fully saturated rings. The predicted octanol–water partition coefficient (Wildman–Crippen LogP) is 3.77. The number of halogens is 1. The Morgan fingerprint density at radius 1 is 1.50 bits per heavy atom. The summed E-state index contributed by atoms with van der Waals surface area (Å²) in [7, 11) is 1.66. The molecule has 16 heavy (non-hydrogen) atoms. The maximum atomic E-state index is 10.6. The van der Waals surface area contributed by atoms with E-state index in [0.717, 1.165) is 22.1 Å². The smallest absolute Gasteiger partial charge is 0.136 e. The first kappa shape index (κ1) is 13.2. The molecule has 0 radical (unpaired) electrons. The Morgan fingerprint density at radius 3 is 2.62 bits per heavy atom. The van der Waals surface area contributed by atoms with Gasteiger partial charge in [-0.2, -0.15) is 0 Å².